The molecule has 0 bridgehead atoms. The molecule has 1 atom stereocenters. The number of ether oxygens (including phenoxy) is 1. The van der Waals surface area contributed by atoms with Crippen LogP contribution in [-0.2, 0) is 13.0 Å². The number of halogens is 1. The number of hydrogen-bond acceptors (Lipinski definition) is 2. The molecule has 112 valence electrons. The number of nitrogens with two attached hydrogens (primary N) is 1. The highest BCUT2D eigenvalue weighted by Gasteiger charge is 2.07. The predicted molar refractivity (Wildman–Crippen MR) is 89.1 cm³/mol. The molecule has 0 aliphatic carbocycles. The number of aryl methyl sites for hydroxylation is 2. The van der Waals surface area contributed by atoms with Crippen molar-refractivity contribution in [1.29, 1.82) is 0 Å². The van der Waals surface area contributed by atoms with E-state index in [0.29, 0.717) is 17.4 Å². The summed E-state index contributed by atoms with van der Waals surface area (Å²) in [6.45, 7) is 6.71. The molecular formula is C18H22ClNO. The highest BCUT2D eigenvalue weighted by atomic mass is 35.5. The van der Waals surface area contributed by atoms with Crippen LogP contribution in [0.1, 0.15) is 29.2 Å². The van der Waals surface area contributed by atoms with E-state index in [1.165, 1.54) is 16.7 Å². The Morgan fingerprint density at radius 1 is 1.14 bits per heavy atom. The first kappa shape index (κ1) is 15.9. The average molecular weight is 304 g/mol. The van der Waals surface area contributed by atoms with Gasteiger partial charge in [-0.05, 0) is 61.6 Å². The van der Waals surface area contributed by atoms with Crippen molar-refractivity contribution in [3.8, 4) is 5.75 Å². The first-order valence-corrected chi connectivity index (χ1v) is 7.57. The summed E-state index contributed by atoms with van der Waals surface area (Å²) >= 11 is 6.29. The Kier molecular flexibility index (Phi) is 5.27. The van der Waals surface area contributed by atoms with Crippen molar-refractivity contribution < 1.29 is 4.74 Å². The highest BCUT2D eigenvalue weighted by molar-refractivity contribution is 6.32. The lowest BCUT2D eigenvalue weighted by atomic mass is 10.0. The number of hydrogen-bond donors (Lipinski definition) is 1. The van der Waals surface area contributed by atoms with Crippen molar-refractivity contribution >= 4 is 11.6 Å². The Balaban J connectivity index is 2.10. The van der Waals surface area contributed by atoms with Gasteiger partial charge in [-0.2, -0.15) is 0 Å². The topological polar surface area (TPSA) is 35.2 Å². The van der Waals surface area contributed by atoms with Crippen molar-refractivity contribution in [2.24, 2.45) is 5.73 Å². The molecule has 2 nitrogen and oxygen atoms in total. The SMILES string of the molecule is Cc1cccc(C)c1COc1ccc(CC(C)N)cc1Cl. The molecule has 2 aromatic carbocycles. The molecule has 0 saturated heterocycles. The van der Waals surface area contributed by atoms with Crippen molar-refractivity contribution in [2.45, 2.75) is 39.8 Å². The van der Waals surface area contributed by atoms with E-state index >= 15 is 0 Å². The first-order valence-electron chi connectivity index (χ1n) is 7.19. The van der Waals surface area contributed by atoms with Crippen LogP contribution in [0.4, 0.5) is 0 Å². The van der Waals surface area contributed by atoms with Gasteiger partial charge in [-0.15, -0.1) is 0 Å². The fourth-order valence-corrected chi connectivity index (χ4v) is 2.64. The molecule has 0 aromatic heterocycles. The van der Waals surface area contributed by atoms with Gasteiger partial charge in [-0.1, -0.05) is 35.9 Å². The van der Waals surface area contributed by atoms with Gasteiger partial charge in [0.1, 0.15) is 12.4 Å². The van der Waals surface area contributed by atoms with Gasteiger partial charge >= 0.3 is 0 Å². The normalized spacial score (nSPS) is 12.2. The van der Waals surface area contributed by atoms with E-state index in [0.717, 1.165) is 12.0 Å². The second kappa shape index (κ2) is 6.97. The molecule has 0 radical (unpaired) electrons. The summed E-state index contributed by atoms with van der Waals surface area (Å²) < 4.78 is 5.88. The second-order valence-corrected chi connectivity index (χ2v) is 6.01. The van der Waals surface area contributed by atoms with Gasteiger partial charge in [0.15, 0.2) is 0 Å². The Morgan fingerprint density at radius 2 is 1.81 bits per heavy atom. The summed E-state index contributed by atoms with van der Waals surface area (Å²) in [5, 5.41) is 0.638. The number of benzene rings is 2. The van der Waals surface area contributed by atoms with Crippen LogP contribution in [-0.4, -0.2) is 6.04 Å². The quantitative estimate of drug-likeness (QED) is 0.887. The van der Waals surface area contributed by atoms with Crippen molar-refractivity contribution in [3.63, 3.8) is 0 Å². The highest BCUT2D eigenvalue weighted by Crippen LogP contribution is 2.27. The molecule has 2 aromatic rings. The summed E-state index contributed by atoms with van der Waals surface area (Å²) in [6, 6.07) is 12.3. The van der Waals surface area contributed by atoms with E-state index in [9.17, 15) is 0 Å². The summed E-state index contributed by atoms with van der Waals surface area (Å²) in [5.74, 6) is 0.716. The molecule has 1 unspecified atom stereocenters. The smallest absolute Gasteiger partial charge is 0.138 e. The van der Waals surface area contributed by atoms with Gasteiger partial charge in [0.25, 0.3) is 0 Å². The number of rotatable bonds is 5. The van der Waals surface area contributed by atoms with Crippen LogP contribution >= 0.6 is 11.6 Å². The van der Waals surface area contributed by atoms with Crippen LogP contribution in [0.5, 0.6) is 5.75 Å². The summed E-state index contributed by atoms with van der Waals surface area (Å²) in [7, 11) is 0. The van der Waals surface area contributed by atoms with Gasteiger partial charge in [-0.25, -0.2) is 0 Å². The third-order valence-electron chi connectivity index (χ3n) is 3.57. The van der Waals surface area contributed by atoms with Gasteiger partial charge < -0.3 is 10.5 Å². The van der Waals surface area contributed by atoms with E-state index in [2.05, 4.69) is 32.0 Å². The lowest BCUT2D eigenvalue weighted by Gasteiger charge is -2.13. The zero-order chi connectivity index (χ0) is 15.4. The first-order chi connectivity index (χ1) is 9.97. The zero-order valence-corrected chi connectivity index (χ0v) is 13.6. The molecule has 0 fully saturated rings. The second-order valence-electron chi connectivity index (χ2n) is 5.61. The van der Waals surface area contributed by atoms with Gasteiger partial charge in [-0.3, -0.25) is 0 Å². The third-order valence-corrected chi connectivity index (χ3v) is 3.87. The minimum absolute atomic E-state index is 0.127. The molecule has 2 N–H and O–H groups in total. The molecule has 2 rings (SSSR count). The molecule has 0 heterocycles. The maximum Gasteiger partial charge on any atom is 0.138 e. The van der Waals surface area contributed by atoms with Crippen LogP contribution in [0.25, 0.3) is 0 Å². The molecule has 0 saturated carbocycles. The van der Waals surface area contributed by atoms with E-state index < -0.39 is 0 Å². The largest absolute Gasteiger partial charge is 0.487 e. The summed E-state index contributed by atoms with van der Waals surface area (Å²) in [5.41, 5.74) is 10.6. The van der Waals surface area contributed by atoms with E-state index in [1.807, 2.05) is 25.1 Å². The Labute approximate surface area is 131 Å². The third kappa shape index (κ3) is 4.23. The van der Waals surface area contributed by atoms with Crippen LogP contribution < -0.4 is 10.5 Å². The molecule has 0 spiro atoms. The minimum atomic E-state index is 0.127. The van der Waals surface area contributed by atoms with Crippen LogP contribution in [0.2, 0.25) is 5.02 Å². The van der Waals surface area contributed by atoms with Gasteiger partial charge in [0.2, 0.25) is 0 Å². The Bertz CT molecular complexity index is 602. The molecule has 21 heavy (non-hydrogen) atoms. The maximum atomic E-state index is 6.29. The van der Waals surface area contributed by atoms with Gasteiger partial charge in [0.05, 0.1) is 5.02 Å². The Morgan fingerprint density at radius 3 is 2.38 bits per heavy atom. The molecule has 0 aliphatic heterocycles. The maximum absolute atomic E-state index is 6.29. The van der Waals surface area contributed by atoms with Crippen LogP contribution in [0.15, 0.2) is 36.4 Å². The molecule has 0 amide bonds. The van der Waals surface area contributed by atoms with Crippen LogP contribution in [0, 0.1) is 13.8 Å². The standard InChI is InChI=1S/C18H22ClNO/c1-12-5-4-6-13(2)16(12)11-21-18-8-7-15(9-14(3)20)10-17(18)19/h4-8,10,14H,9,11,20H2,1-3H3. The fourth-order valence-electron chi connectivity index (χ4n) is 2.39. The summed E-state index contributed by atoms with van der Waals surface area (Å²) in [4.78, 5) is 0. The average Bonchev–Trinajstić information content (AvgIpc) is 2.39. The van der Waals surface area contributed by atoms with Crippen molar-refractivity contribution in [1.82, 2.24) is 0 Å². The summed E-state index contributed by atoms with van der Waals surface area (Å²) in [6.07, 6.45) is 0.816. The van der Waals surface area contributed by atoms with Crippen molar-refractivity contribution in [3.05, 3.63) is 63.7 Å². The fraction of sp³-hybridized carbons (Fsp3) is 0.333. The van der Waals surface area contributed by atoms with E-state index in [1.54, 1.807) is 0 Å². The van der Waals surface area contributed by atoms with Crippen LogP contribution in [0.3, 0.4) is 0 Å². The lowest BCUT2D eigenvalue weighted by molar-refractivity contribution is 0.304. The van der Waals surface area contributed by atoms with Gasteiger partial charge in [0, 0.05) is 6.04 Å². The Hall–Kier alpha value is -1.51. The monoisotopic (exact) mass is 303 g/mol. The minimum Gasteiger partial charge on any atom is -0.487 e. The van der Waals surface area contributed by atoms with E-state index in [4.69, 9.17) is 22.1 Å². The molecule has 3 heteroatoms. The van der Waals surface area contributed by atoms with E-state index in [-0.39, 0.29) is 6.04 Å². The molecule has 0 aliphatic rings. The lowest BCUT2D eigenvalue weighted by Crippen LogP contribution is -2.17. The zero-order valence-electron chi connectivity index (χ0n) is 12.8. The predicted octanol–water partition coefficient (Wildman–Crippen LogP) is 4.43. The molecular weight excluding hydrogens is 282 g/mol. The van der Waals surface area contributed by atoms with Crippen molar-refractivity contribution in [2.75, 3.05) is 0 Å².